The van der Waals surface area contributed by atoms with Crippen LogP contribution in [0, 0.1) is 11.8 Å². The Morgan fingerprint density at radius 3 is 2.00 bits per heavy atom. The third-order valence-corrected chi connectivity index (χ3v) is 12.7. The maximum absolute atomic E-state index is 14.1. The van der Waals surface area contributed by atoms with Crippen molar-refractivity contribution in [2.75, 3.05) is 6.61 Å². The third-order valence-electron chi connectivity index (χ3n) is 12.2. The molecule has 3 aliphatic carbocycles. The zero-order valence-electron chi connectivity index (χ0n) is 29.1. The molecule has 2 saturated carbocycles. The Kier molecular flexibility index (Phi) is 7.99. The van der Waals surface area contributed by atoms with Gasteiger partial charge in [0.15, 0.2) is 17.3 Å². The van der Waals surface area contributed by atoms with E-state index in [0.29, 0.717) is 11.1 Å². The first-order valence-electron chi connectivity index (χ1n) is 17.6. The normalized spacial score (nSPS) is 40.8. The van der Waals surface area contributed by atoms with Gasteiger partial charge >= 0.3 is 17.9 Å². The first-order valence-corrected chi connectivity index (χ1v) is 18.4. The molecule has 3 aromatic rings. The molecular weight excluding hydrogens is 739 g/mol. The second-order valence-corrected chi connectivity index (χ2v) is 15.8. The number of aliphatic hydroxyl groups excluding tert-OH is 2. The zero-order valence-corrected chi connectivity index (χ0v) is 30.6. The molecule has 6 fully saturated rings. The van der Waals surface area contributed by atoms with E-state index in [1.165, 1.54) is 18.2 Å². The van der Waals surface area contributed by atoms with Crippen LogP contribution in [0.1, 0.15) is 40.1 Å². The second-order valence-electron chi connectivity index (χ2n) is 14.8. The largest absolute Gasteiger partial charge is 0.450 e. The Hall–Kier alpha value is -3.88. The summed E-state index contributed by atoms with van der Waals surface area (Å²) in [5.74, 6) is -5.33. The van der Waals surface area contributed by atoms with E-state index in [1.807, 2.05) is 6.07 Å². The van der Waals surface area contributed by atoms with Crippen molar-refractivity contribution in [2.45, 2.75) is 72.7 Å². The van der Waals surface area contributed by atoms with Crippen LogP contribution in [0.3, 0.4) is 0 Å². The maximum Gasteiger partial charge on any atom is 0.339 e. The van der Waals surface area contributed by atoms with Crippen LogP contribution in [0.15, 0.2) is 125 Å². The topological polar surface area (TPSA) is 154 Å². The van der Waals surface area contributed by atoms with Crippen LogP contribution in [0.4, 0.5) is 0 Å². The monoisotopic (exact) mass is 774 g/mol. The van der Waals surface area contributed by atoms with Crippen molar-refractivity contribution < 1.29 is 53.3 Å². The summed E-state index contributed by atoms with van der Waals surface area (Å²) in [5, 5.41) is 36.8. The Labute approximate surface area is 320 Å². The number of rotatable bonds is 7. The summed E-state index contributed by atoms with van der Waals surface area (Å²) in [6.07, 6.45) is -5.47. The zero-order chi connectivity index (χ0) is 38.0. The number of epoxide rings is 1. The van der Waals surface area contributed by atoms with E-state index in [9.17, 15) is 24.9 Å². The SMILES string of the molecule is C=C(C)[C@@]1(OC(=O)c2ccccc2)[C@@H]2OC3(c4ccccc4)O[C@@H]1[C@@H](C)[C@]1(O3)C3=CC(=C(Cl)Cl)[C@H](OC(=O)c4ccccc4)[C@@]3(O)[C@H](O)C3(CO)O[C@H]3[C@@H]21. The number of fused-ring (bicyclic) bond motifs is 2. The molecule has 3 N–H and O–H groups in total. The highest BCUT2D eigenvalue weighted by molar-refractivity contribution is 6.56. The Morgan fingerprint density at radius 1 is 0.852 bits per heavy atom. The van der Waals surface area contributed by atoms with E-state index in [4.69, 9.17) is 51.6 Å². The van der Waals surface area contributed by atoms with Gasteiger partial charge in [0.25, 0.3) is 0 Å². The van der Waals surface area contributed by atoms with Crippen molar-refractivity contribution in [2.24, 2.45) is 11.8 Å². The average molecular weight is 776 g/mol. The number of halogens is 2. The molecule has 11 nitrogen and oxygen atoms in total. The summed E-state index contributed by atoms with van der Waals surface area (Å²) >= 11 is 13.0. The number of ether oxygens (including phenoxy) is 6. The fourth-order valence-electron chi connectivity index (χ4n) is 9.76. The molecule has 10 rings (SSSR count). The number of hydrogen-bond donors (Lipinski definition) is 3. The second kappa shape index (κ2) is 12.1. The molecule has 2 unspecified atom stereocenters. The van der Waals surface area contributed by atoms with Crippen LogP contribution in [0.5, 0.6) is 0 Å². The molecule has 280 valence electrons. The van der Waals surface area contributed by atoms with E-state index >= 15 is 0 Å². The quantitative estimate of drug-likeness (QED) is 0.171. The van der Waals surface area contributed by atoms with Gasteiger partial charge in [-0.15, -0.1) is 0 Å². The summed E-state index contributed by atoms with van der Waals surface area (Å²) in [5.41, 5.74) is -6.48. The molecule has 4 heterocycles. The van der Waals surface area contributed by atoms with Crippen LogP contribution in [0.25, 0.3) is 0 Å². The summed E-state index contributed by atoms with van der Waals surface area (Å²) in [6, 6.07) is 25.4. The minimum absolute atomic E-state index is 0.0195. The molecular formula is C41H36Cl2O11. The van der Waals surface area contributed by atoms with Crippen LogP contribution in [-0.2, 0) is 34.4 Å². The van der Waals surface area contributed by atoms with Gasteiger partial charge in [-0.25, -0.2) is 9.59 Å². The highest BCUT2D eigenvalue weighted by atomic mass is 35.5. The molecule has 1 spiro atoms. The lowest BCUT2D eigenvalue weighted by molar-refractivity contribution is -0.570. The van der Waals surface area contributed by atoms with Crippen molar-refractivity contribution in [1.29, 1.82) is 0 Å². The first kappa shape index (κ1) is 35.8. The van der Waals surface area contributed by atoms with Crippen LogP contribution >= 0.6 is 23.2 Å². The smallest absolute Gasteiger partial charge is 0.339 e. The number of carbonyl (C=O) groups excluding carboxylic acids is 2. The summed E-state index contributed by atoms with van der Waals surface area (Å²) < 4.78 is 39.5. The molecule has 13 heteroatoms. The lowest BCUT2D eigenvalue weighted by Crippen LogP contribution is -2.85. The molecule has 7 aliphatic rings. The van der Waals surface area contributed by atoms with Crippen molar-refractivity contribution in [3.63, 3.8) is 0 Å². The molecule has 0 amide bonds. The van der Waals surface area contributed by atoms with E-state index in [-0.39, 0.29) is 26.8 Å². The van der Waals surface area contributed by atoms with Crippen molar-refractivity contribution in [3.8, 4) is 0 Å². The number of carbonyl (C=O) groups is 2. The van der Waals surface area contributed by atoms with E-state index < -0.39 is 89.3 Å². The van der Waals surface area contributed by atoms with E-state index in [1.54, 1.807) is 86.6 Å². The number of hydrogen-bond acceptors (Lipinski definition) is 11. The molecule has 4 bridgehead atoms. The number of aliphatic hydroxyl groups is 3. The maximum atomic E-state index is 14.1. The van der Waals surface area contributed by atoms with Crippen molar-refractivity contribution in [3.05, 3.63) is 142 Å². The highest BCUT2D eigenvalue weighted by Crippen LogP contribution is 2.74. The Bertz CT molecular complexity index is 2130. The molecule has 3 aromatic carbocycles. The van der Waals surface area contributed by atoms with Gasteiger partial charge in [0, 0.05) is 22.6 Å². The first-order chi connectivity index (χ1) is 25.8. The van der Waals surface area contributed by atoms with Gasteiger partial charge in [0.2, 0.25) is 0 Å². The minimum Gasteiger partial charge on any atom is -0.450 e. The lowest BCUT2D eigenvalue weighted by atomic mass is 9.53. The van der Waals surface area contributed by atoms with Crippen molar-refractivity contribution >= 4 is 35.1 Å². The minimum atomic E-state index is -2.55. The summed E-state index contributed by atoms with van der Waals surface area (Å²) in [6.45, 7) is 7.04. The van der Waals surface area contributed by atoms with Gasteiger partial charge in [0.05, 0.1) is 23.7 Å². The molecule has 4 saturated heterocycles. The van der Waals surface area contributed by atoms with E-state index in [2.05, 4.69) is 6.58 Å². The fraction of sp³-hybridized carbons (Fsp3) is 0.366. The van der Waals surface area contributed by atoms with Gasteiger partial charge in [-0.3, -0.25) is 0 Å². The number of esters is 2. The van der Waals surface area contributed by atoms with Gasteiger partial charge in [-0.1, -0.05) is 103 Å². The van der Waals surface area contributed by atoms with Crippen LogP contribution in [-0.4, -0.2) is 86.8 Å². The predicted octanol–water partition coefficient (Wildman–Crippen LogP) is 4.88. The summed E-state index contributed by atoms with van der Waals surface area (Å²) in [7, 11) is 0. The summed E-state index contributed by atoms with van der Waals surface area (Å²) in [4.78, 5) is 27.8. The third kappa shape index (κ3) is 4.44. The molecule has 0 radical (unpaired) electrons. The van der Waals surface area contributed by atoms with E-state index in [0.717, 1.165) is 0 Å². The van der Waals surface area contributed by atoms with Crippen LogP contribution < -0.4 is 0 Å². The van der Waals surface area contributed by atoms with Gasteiger partial charge in [-0.2, -0.15) is 0 Å². The van der Waals surface area contributed by atoms with Gasteiger partial charge in [-0.05, 0) is 42.8 Å². The van der Waals surface area contributed by atoms with Gasteiger partial charge < -0.3 is 43.7 Å². The van der Waals surface area contributed by atoms with Gasteiger partial charge in [0.1, 0.15) is 40.1 Å². The predicted molar refractivity (Wildman–Crippen MR) is 192 cm³/mol. The average Bonchev–Trinajstić information content (AvgIpc) is 3.85. The van der Waals surface area contributed by atoms with Crippen LogP contribution in [0.2, 0.25) is 0 Å². The molecule has 54 heavy (non-hydrogen) atoms. The number of benzene rings is 3. The standard InChI is InChI=1S/C41H36Cl2O11/c1-21(2)39(53-35(46)24-15-9-5-10-16-24)29-22(3)40-27-19-26(33(42)43)30(49-34(45)23-13-7-4-8-14-23)38(27,48)36(47)37(20-44)31(50-37)28(40)32(39)52-41(51-29,54-40)25-17-11-6-12-18-25/h4-19,22,28-32,36,44,47-48H,1,20H2,2-3H3/t22-,28+,29-,30+,31+,32-,36-,37?,38-,39+,40+,41?/m1/s1. The molecule has 12 atom stereocenters. The lowest BCUT2D eigenvalue weighted by Gasteiger charge is -2.72. The molecule has 4 aliphatic heterocycles. The van der Waals surface area contributed by atoms with Crippen molar-refractivity contribution in [1.82, 2.24) is 0 Å². The Morgan fingerprint density at radius 2 is 1.43 bits per heavy atom. The molecule has 0 aromatic heterocycles. The highest BCUT2D eigenvalue weighted by Gasteiger charge is 2.89. The fourth-order valence-corrected chi connectivity index (χ4v) is 10.1. The Balaban J connectivity index is 1.28.